The molecule has 1 N–H and O–H groups in total. The third-order valence-corrected chi connectivity index (χ3v) is 7.60. The highest BCUT2D eigenvalue weighted by molar-refractivity contribution is 6.42. The van der Waals surface area contributed by atoms with Gasteiger partial charge < -0.3 is 14.7 Å². The summed E-state index contributed by atoms with van der Waals surface area (Å²) in [7, 11) is 5.53. The van der Waals surface area contributed by atoms with Crippen LogP contribution in [0.1, 0.15) is 29.0 Å². The normalized spacial score (nSPS) is 13.8. The third-order valence-electron chi connectivity index (χ3n) is 6.53. The molecule has 2 unspecified atom stereocenters. The van der Waals surface area contributed by atoms with E-state index < -0.39 is 11.5 Å². The zero-order chi connectivity index (χ0) is 26.6. The number of nitrogens with zero attached hydrogens (tertiary/aromatic N) is 2. The van der Waals surface area contributed by atoms with Crippen molar-refractivity contribution in [1.29, 1.82) is 0 Å². The number of hydrogen-bond acceptors (Lipinski definition) is 4. The van der Waals surface area contributed by atoms with Gasteiger partial charge in [0, 0.05) is 40.4 Å². The fraction of sp³-hybridized carbons (Fsp3) is 0.233. The first-order valence-corrected chi connectivity index (χ1v) is 13.0. The Morgan fingerprint density at radius 2 is 1.62 bits per heavy atom. The van der Waals surface area contributed by atoms with E-state index in [1.54, 1.807) is 19.4 Å². The molecule has 4 nitrogen and oxygen atoms in total. The van der Waals surface area contributed by atoms with Gasteiger partial charge in [-0.15, -0.1) is 0 Å². The molecule has 0 radical (unpaired) electrons. The average Bonchev–Trinajstić information content (AvgIpc) is 2.90. The van der Waals surface area contributed by atoms with Crippen LogP contribution in [0.3, 0.4) is 0 Å². The van der Waals surface area contributed by atoms with E-state index in [0.717, 1.165) is 22.3 Å². The van der Waals surface area contributed by atoms with Gasteiger partial charge in [0.05, 0.1) is 17.2 Å². The van der Waals surface area contributed by atoms with Crippen molar-refractivity contribution in [2.75, 3.05) is 27.7 Å². The molecule has 0 fully saturated rings. The number of aliphatic hydroxyl groups is 1. The van der Waals surface area contributed by atoms with E-state index in [2.05, 4.69) is 4.98 Å². The second-order valence-corrected chi connectivity index (χ2v) is 10.5. The van der Waals surface area contributed by atoms with Gasteiger partial charge in [-0.3, -0.25) is 0 Å². The largest absolute Gasteiger partial charge is 0.481 e. The predicted octanol–water partition coefficient (Wildman–Crippen LogP) is 7.69. The summed E-state index contributed by atoms with van der Waals surface area (Å²) in [5.74, 6) is -0.146. The molecule has 3 aromatic carbocycles. The second kappa shape index (κ2) is 11.8. The molecule has 1 heterocycles. The van der Waals surface area contributed by atoms with Gasteiger partial charge in [-0.25, -0.2) is 4.98 Å². The molecule has 7 heteroatoms. The van der Waals surface area contributed by atoms with E-state index in [-0.39, 0.29) is 0 Å². The number of rotatable bonds is 9. The van der Waals surface area contributed by atoms with Crippen molar-refractivity contribution < 1.29 is 9.84 Å². The van der Waals surface area contributed by atoms with Gasteiger partial charge in [0.2, 0.25) is 5.88 Å². The maximum atomic E-state index is 12.8. The van der Waals surface area contributed by atoms with Crippen LogP contribution in [-0.4, -0.2) is 42.7 Å². The highest BCUT2D eigenvalue weighted by atomic mass is 35.5. The lowest BCUT2D eigenvalue weighted by Gasteiger charge is -2.39. The van der Waals surface area contributed by atoms with Gasteiger partial charge in [0.1, 0.15) is 5.60 Å². The Bertz CT molecular complexity index is 1350. The Hall–Kier alpha value is -2.60. The molecule has 0 aliphatic rings. The molecule has 0 amide bonds. The minimum atomic E-state index is -1.44. The molecule has 4 rings (SSSR count). The number of pyridine rings is 1. The molecule has 0 saturated heterocycles. The lowest BCUT2D eigenvalue weighted by molar-refractivity contribution is 0.00387. The molecule has 2 atom stereocenters. The number of ether oxygens (including phenoxy) is 1. The fourth-order valence-electron chi connectivity index (χ4n) is 4.67. The third kappa shape index (κ3) is 5.95. The monoisotopic (exact) mass is 554 g/mol. The summed E-state index contributed by atoms with van der Waals surface area (Å²) in [5.41, 5.74) is 2.56. The summed E-state index contributed by atoms with van der Waals surface area (Å²) >= 11 is 19.3. The van der Waals surface area contributed by atoms with Crippen LogP contribution < -0.4 is 4.74 Å². The Labute approximate surface area is 233 Å². The zero-order valence-electron chi connectivity index (χ0n) is 21.0. The van der Waals surface area contributed by atoms with Crippen LogP contribution in [-0.2, 0) is 5.60 Å². The SMILES string of the molecule is COc1ncc(-c2ccc(Cl)cc2)cc1C(c1ccccc1)C(O)(CCN(C)C)c1cccc(Cl)c1Cl. The van der Waals surface area contributed by atoms with Crippen molar-refractivity contribution in [2.45, 2.75) is 17.9 Å². The number of halogens is 3. The van der Waals surface area contributed by atoms with Crippen molar-refractivity contribution >= 4 is 34.8 Å². The van der Waals surface area contributed by atoms with Gasteiger partial charge >= 0.3 is 0 Å². The van der Waals surface area contributed by atoms with Crippen LogP contribution in [0.2, 0.25) is 15.1 Å². The fourth-order valence-corrected chi connectivity index (χ4v) is 5.26. The van der Waals surface area contributed by atoms with Crippen molar-refractivity contribution in [3.63, 3.8) is 0 Å². The van der Waals surface area contributed by atoms with Gasteiger partial charge in [-0.05, 0) is 55.9 Å². The van der Waals surface area contributed by atoms with Crippen LogP contribution in [0.15, 0.2) is 85.1 Å². The van der Waals surface area contributed by atoms with Crippen LogP contribution in [0, 0.1) is 0 Å². The van der Waals surface area contributed by atoms with Crippen molar-refractivity contribution in [3.8, 4) is 17.0 Å². The Morgan fingerprint density at radius 1 is 0.919 bits per heavy atom. The topological polar surface area (TPSA) is 45.6 Å². The molecule has 1 aromatic heterocycles. The lowest BCUT2D eigenvalue weighted by atomic mass is 9.71. The van der Waals surface area contributed by atoms with Crippen LogP contribution in [0.5, 0.6) is 5.88 Å². The van der Waals surface area contributed by atoms with Crippen LogP contribution >= 0.6 is 34.8 Å². The smallest absolute Gasteiger partial charge is 0.217 e. The number of hydrogen-bond donors (Lipinski definition) is 1. The molecule has 37 heavy (non-hydrogen) atoms. The summed E-state index contributed by atoms with van der Waals surface area (Å²) in [6.45, 7) is 0.606. The molecule has 192 valence electrons. The minimum Gasteiger partial charge on any atom is -0.481 e. The zero-order valence-corrected chi connectivity index (χ0v) is 23.2. The van der Waals surface area contributed by atoms with Gasteiger partial charge in [0.25, 0.3) is 0 Å². The van der Waals surface area contributed by atoms with E-state index >= 15 is 0 Å². The van der Waals surface area contributed by atoms with E-state index in [4.69, 9.17) is 39.5 Å². The average molecular weight is 556 g/mol. The highest BCUT2D eigenvalue weighted by Crippen LogP contribution is 2.49. The second-order valence-electron chi connectivity index (χ2n) is 9.25. The highest BCUT2D eigenvalue weighted by Gasteiger charge is 2.43. The van der Waals surface area contributed by atoms with Crippen molar-refractivity contribution in [1.82, 2.24) is 9.88 Å². The molecule has 4 aromatic rings. The summed E-state index contributed by atoms with van der Waals surface area (Å²) in [6, 6.07) is 24.8. The first-order valence-electron chi connectivity index (χ1n) is 11.9. The molecular formula is C30H29Cl3N2O2. The molecule has 0 aliphatic carbocycles. The molecule has 0 spiro atoms. The van der Waals surface area contributed by atoms with Crippen molar-refractivity contribution in [3.05, 3.63) is 117 Å². The summed E-state index contributed by atoms with van der Waals surface area (Å²) in [5, 5.41) is 14.1. The first kappa shape index (κ1) is 27.4. The number of benzene rings is 3. The maximum absolute atomic E-state index is 12.8. The molecule has 0 aliphatic heterocycles. The Morgan fingerprint density at radius 3 is 2.27 bits per heavy atom. The quantitative estimate of drug-likeness (QED) is 0.230. The van der Waals surface area contributed by atoms with Gasteiger partial charge in [-0.1, -0.05) is 89.4 Å². The molecular weight excluding hydrogens is 527 g/mol. The van der Waals surface area contributed by atoms with E-state index in [1.807, 2.05) is 91.8 Å². The summed E-state index contributed by atoms with van der Waals surface area (Å²) in [4.78, 5) is 6.68. The number of aromatic nitrogens is 1. The predicted molar refractivity (Wildman–Crippen MR) is 153 cm³/mol. The van der Waals surface area contributed by atoms with Gasteiger partial charge in [-0.2, -0.15) is 0 Å². The van der Waals surface area contributed by atoms with E-state index in [9.17, 15) is 5.11 Å². The lowest BCUT2D eigenvalue weighted by Crippen LogP contribution is -2.38. The molecule has 0 bridgehead atoms. The Kier molecular flexibility index (Phi) is 8.79. The van der Waals surface area contributed by atoms with E-state index in [0.29, 0.717) is 39.5 Å². The first-order chi connectivity index (χ1) is 17.7. The Balaban J connectivity index is 2.01. The summed E-state index contributed by atoms with van der Waals surface area (Å²) < 4.78 is 5.76. The minimum absolute atomic E-state index is 0.326. The number of methoxy groups -OCH3 is 1. The van der Waals surface area contributed by atoms with Crippen LogP contribution in [0.25, 0.3) is 11.1 Å². The summed E-state index contributed by atoms with van der Waals surface area (Å²) in [6.07, 6.45) is 2.15. The maximum Gasteiger partial charge on any atom is 0.217 e. The standard InChI is InChI=1S/C30H29Cl3N2O2/c1-35(2)17-16-30(36,25-10-7-11-26(32)28(25)33)27(21-8-5-4-6-9-21)24-18-22(19-34-29(24)37-3)20-12-14-23(31)15-13-20/h4-15,18-19,27,36H,16-17H2,1-3H3. The molecule has 0 saturated carbocycles. The van der Waals surface area contributed by atoms with Crippen molar-refractivity contribution in [2.24, 2.45) is 0 Å². The van der Waals surface area contributed by atoms with Crippen LogP contribution in [0.4, 0.5) is 0 Å². The van der Waals surface area contributed by atoms with Gasteiger partial charge in [0.15, 0.2) is 0 Å². The van der Waals surface area contributed by atoms with E-state index in [1.165, 1.54) is 0 Å².